The number of rotatable bonds is 5. The third-order valence-electron chi connectivity index (χ3n) is 2.80. The van der Waals surface area contributed by atoms with Gasteiger partial charge in [0.05, 0.1) is 25.9 Å². The molecule has 1 aromatic rings. The maximum atomic E-state index is 5.81. The van der Waals surface area contributed by atoms with Crippen LogP contribution in [0.3, 0.4) is 0 Å². The average Bonchev–Trinajstić information content (AvgIpc) is 2.38. The van der Waals surface area contributed by atoms with Crippen molar-refractivity contribution in [2.75, 3.05) is 26.4 Å². The van der Waals surface area contributed by atoms with Gasteiger partial charge in [0.2, 0.25) is 0 Å². The van der Waals surface area contributed by atoms with Crippen molar-refractivity contribution >= 4 is 0 Å². The number of hydrogen-bond acceptors (Lipinski definition) is 4. The van der Waals surface area contributed by atoms with E-state index in [1.165, 1.54) is 0 Å². The largest absolute Gasteiger partial charge is 0.490 e. The summed E-state index contributed by atoms with van der Waals surface area (Å²) in [5.41, 5.74) is 0. The fourth-order valence-electron chi connectivity index (χ4n) is 2.02. The Morgan fingerprint density at radius 3 is 2.61 bits per heavy atom. The highest BCUT2D eigenvalue weighted by Gasteiger charge is 2.19. The lowest BCUT2D eigenvalue weighted by Crippen LogP contribution is -2.50. The third kappa shape index (κ3) is 3.62. The van der Waals surface area contributed by atoms with Gasteiger partial charge in [0.15, 0.2) is 11.5 Å². The molecule has 1 saturated heterocycles. The van der Waals surface area contributed by atoms with Gasteiger partial charge < -0.3 is 19.5 Å². The zero-order valence-corrected chi connectivity index (χ0v) is 11.0. The van der Waals surface area contributed by atoms with Crippen molar-refractivity contribution < 1.29 is 14.2 Å². The minimum absolute atomic E-state index is 0.239. The van der Waals surface area contributed by atoms with E-state index in [2.05, 4.69) is 12.2 Å². The lowest BCUT2D eigenvalue weighted by Gasteiger charge is -2.29. The second kappa shape index (κ2) is 6.61. The summed E-state index contributed by atoms with van der Waals surface area (Å²) in [5, 5.41) is 3.45. The van der Waals surface area contributed by atoms with Crippen LogP contribution in [0.4, 0.5) is 0 Å². The topological polar surface area (TPSA) is 39.7 Å². The number of hydrogen-bond donors (Lipinski definition) is 1. The third-order valence-corrected chi connectivity index (χ3v) is 2.80. The van der Waals surface area contributed by atoms with Crippen LogP contribution >= 0.6 is 0 Å². The fourth-order valence-corrected chi connectivity index (χ4v) is 2.02. The Bertz CT molecular complexity index is 370. The average molecular weight is 251 g/mol. The van der Waals surface area contributed by atoms with Crippen molar-refractivity contribution in [1.82, 2.24) is 5.32 Å². The van der Waals surface area contributed by atoms with Gasteiger partial charge in [-0.25, -0.2) is 0 Å². The van der Waals surface area contributed by atoms with Crippen LogP contribution in [0.25, 0.3) is 0 Å². The summed E-state index contributed by atoms with van der Waals surface area (Å²) in [6, 6.07) is 8.37. The number of morpholine rings is 1. The highest BCUT2D eigenvalue weighted by atomic mass is 16.5. The van der Waals surface area contributed by atoms with E-state index in [-0.39, 0.29) is 6.04 Å². The summed E-state index contributed by atoms with van der Waals surface area (Å²) in [4.78, 5) is 0. The minimum Gasteiger partial charge on any atom is -0.490 e. The van der Waals surface area contributed by atoms with E-state index < -0.39 is 0 Å². The van der Waals surface area contributed by atoms with Crippen LogP contribution in [0.5, 0.6) is 11.5 Å². The first-order chi connectivity index (χ1) is 8.79. The molecular weight excluding hydrogens is 230 g/mol. The molecule has 2 atom stereocenters. The molecule has 4 heteroatoms. The Labute approximate surface area is 108 Å². The summed E-state index contributed by atoms with van der Waals surface area (Å²) >= 11 is 0. The van der Waals surface area contributed by atoms with E-state index in [4.69, 9.17) is 14.2 Å². The first kappa shape index (κ1) is 13.2. The molecule has 0 bridgehead atoms. The molecule has 0 radical (unpaired) electrons. The van der Waals surface area contributed by atoms with Crippen LogP contribution in [-0.2, 0) is 4.74 Å². The molecule has 1 N–H and O–H groups in total. The van der Waals surface area contributed by atoms with Crippen molar-refractivity contribution in [2.45, 2.75) is 25.9 Å². The van der Waals surface area contributed by atoms with Crippen LogP contribution in [0.1, 0.15) is 13.8 Å². The van der Waals surface area contributed by atoms with Gasteiger partial charge in [-0.05, 0) is 26.0 Å². The Balaban J connectivity index is 1.89. The first-order valence-corrected chi connectivity index (χ1v) is 6.48. The van der Waals surface area contributed by atoms with Crippen LogP contribution in [0.15, 0.2) is 24.3 Å². The standard InChI is InChI=1S/C14H21NO3/c1-3-17-13-6-4-5-7-14(13)18-10-12-9-16-8-11(2)15-12/h4-7,11-12,15H,3,8-10H2,1-2H3. The number of nitrogens with one attached hydrogen (secondary N) is 1. The monoisotopic (exact) mass is 251 g/mol. The Morgan fingerprint density at radius 1 is 1.22 bits per heavy atom. The van der Waals surface area contributed by atoms with E-state index in [9.17, 15) is 0 Å². The SMILES string of the molecule is CCOc1ccccc1OCC1COCC(C)N1. The second-order valence-electron chi connectivity index (χ2n) is 4.49. The lowest BCUT2D eigenvalue weighted by atomic mass is 10.2. The molecule has 2 rings (SSSR count). The molecule has 0 aromatic heterocycles. The van der Waals surface area contributed by atoms with Crippen LogP contribution in [0, 0.1) is 0 Å². The van der Waals surface area contributed by atoms with Gasteiger partial charge in [0, 0.05) is 6.04 Å². The number of para-hydroxylation sites is 2. The molecule has 2 unspecified atom stereocenters. The summed E-state index contributed by atoms with van der Waals surface area (Å²) in [7, 11) is 0. The smallest absolute Gasteiger partial charge is 0.161 e. The Morgan fingerprint density at radius 2 is 1.94 bits per heavy atom. The first-order valence-electron chi connectivity index (χ1n) is 6.48. The minimum atomic E-state index is 0.239. The lowest BCUT2D eigenvalue weighted by molar-refractivity contribution is 0.0349. The second-order valence-corrected chi connectivity index (χ2v) is 4.49. The molecule has 0 aliphatic carbocycles. The predicted molar refractivity (Wildman–Crippen MR) is 70.3 cm³/mol. The molecule has 0 saturated carbocycles. The highest BCUT2D eigenvalue weighted by Crippen LogP contribution is 2.26. The number of ether oxygens (including phenoxy) is 3. The zero-order valence-electron chi connectivity index (χ0n) is 11.0. The van der Waals surface area contributed by atoms with Gasteiger partial charge in [-0.15, -0.1) is 0 Å². The van der Waals surface area contributed by atoms with Crippen molar-refractivity contribution in [3.05, 3.63) is 24.3 Å². The van der Waals surface area contributed by atoms with E-state index in [0.717, 1.165) is 18.1 Å². The van der Waals surface area contributed by atoms with E-state index in [1.54, 1.807) is 0 Å². The maximum Gasteiger partial charge on any atom is 0.161 e. The van der Waals surface area contributed by atoms with Crippen LogP contribution < -0.4 is 14.8 Å². The maximum absolute atomic E-state index is 5.81. The summed E-state index contributed by atoms with van der Waals surface area (Å²) in [6.45, 7) is 6.78. The van der Waals surface area contributed by atoms with Crippen molar-refractivity contribution in [1.29, 1.82) is 0 Å². The van der Waals surface area contributed by atoms with Gasteiger partial charge in [-0.1, -0.05) is 12.1 Å². The molecule has 100 valence electrons. The molecule has 4 nitrogen and oxygen atoms in total. The van der Waals surface area contributed by atoms with Crippen molar-refractivity contribution in [3.8, 4) is 11.5 Å². The van der Waals surface area contributed by atoms with Gasteiger partial charge in [0.25, 0.3) is 0 Å². The Kier molecular flexibility index (Phi) is 4.84. The molecule has 1 aromatic carbocycles. The summed E-state index contributed by atoms with van der Waals surface area (Å²) in [5.74, 6) is 1.59. The molecule has 1 aliphatic heterocycles. The Hall–Kier alpha value is -1.26. The van der Waals surface area contributed by atoms with Gasteiger partial charge in [-0.3, -0.25) is 0 Å². The molecular formula is C14H21NO3. The predicted octanol–water partition coefficient (Wildman–Crippen LogP) is 1.84. The van der Waals surface area contributed by atoms with Crippen LogP contribution in [0.2, 0.25) is 0 Å². The molecule has 18 heavy (non-hydrogen) atoms. The van der Waals surface area contributed by atoms with Gasteiger partial charge in [-0.2, -0.15) is 0 Å². The summed E-state index contributed by atoms with van der Waals surface area (Å²) < 4.78 is 16.8. The van der Waals surface area contributed by atoms with Gasteiger partial charge >= 0.3 is 0 Å². The van der Waals surface area contributed by atoms with Crippen LogP contribution in [-0.4, -0.2) is 38.5 Å². The zero-order chi connectivity index (χ0) is 12.8. The van der Waals surface area contributed by atoms with Crippen molar-refractivity contribution in [3.63, 3.8) is 0 Å². The number of benzene rings is 1. The molecule has 0 amide bonds. The molecule has 0 spiro atoms. The normalized spacial score (nSPS) is 23.7. The van der Waals surface area contributed by atoms with Gasteiger partial charge in [0.1, 0.15) is 6.61 Å². The molecule has 1 aliphatic rings. The summed E-state index contributed by atoms with van der Waals surface area (Å²) in [6.07, 6.45) is 0. The van der Waals surface area contributed by atoms with E-state index in [0.29, 0.717) is 25.9 Å². The molecule has 1 heterocycles. The van der Waals surface area contributed by atoms with E-state index in [1.807, 2.05) is 31.2 Å². The fraction of sp³-hybridized carbons (Fsp3) is 0.571. The highest BCUT2D eigenvalue weighted by molar-refractivity contribution is 5.39. The van der Waals surface area contributed by atoms with E-state index >= 15 is 0 Å². The molecule has 1 fully saturated rings. The van der Waals surface area contributed by atoms with Crippen molar-refractivity contribution in [2.24, 2.45) is 0 Å². The quantitative estimate of drug-likeness (QED) is 0.867.